The minimum absolute atomic E-state index is 0.188. The molecule has 1 aliphatic heterocycles. The Morgan fingerprint density at radius 3 is 2.65 bits per heavy atom. The van der Waals surface area contributed by atoms with E-state index in [1.54, 1.807) is 25.3 Å². The zero-order valence-electron chi connectivity index (χ0n) is 17.8. The van der Waals surface area contributed by atoms with Crippen LogP contribution in [0, 0.1) is 5.82 Å². The Bertz CT molecular complexity index is 1090. The lowest BCUT2D eigenvalue weighted by atomic mass is 9.89. The van der Waals surface area contributed by atoms with Crippen molar-refractivity contribution in [2.24, 2.45) is 0 Å². The molecule has 0 aliphatic carbocycles. The summed E-state index contributed by atoms with van der Waals surface area (Å²) in [5.41, 5.74) is 3.16. The first-order valence-corrected chi connectivity index (χ1v) is 10.4. The molecule has 1 aliphatic rings. The molecule has 0 bridgehead atoms. The fourth-order valence-electron chi connectivity index (χ4n) is 4.63. The van der Waals surface area contributed by atoms with Gasteiger partial charge in [-0.2, -0.15) is 0 Å². The number of carbonyl (C=O) groups is 1. The molecule has 3 aromatic rings. The third kappa shape index (κ3) is 4.29. The van der Waals surface area contributed by atoms with E-state index in [2.05, 4.69) is 11.1 Å². The van der Waals surface area contributed by atoms with E-state index in [0.29, 0.717) is 24.9 Å². The summed E-state index contributed by atoms with van der Waals surface area (Å²) in [6.45, 7) is 2.82. The van der Waals surface area contributed by atoms with Crippen molar-refractivity contribution in [3.8, 4) is 5.75 Å². The van der Waals surface area contributed by atoms with Crippen LogP contribution < -0.4 is 4.74 Å². The van der Waals surface area contributed by atoms with Crippen LogP contribution >= 0.6 is 0 Å². The topological polar surface area (TPSA) is 63.9 Å². The lowest BCUT2D eigenvalue weighted by molar-refractivity contribution is 0.0693. The number of aromatic nitrogens is 1. The number of carboxylic acid groups (broad SMARTS) is 1. The maximum atomic E-state index is 13.8. The van der Waals surface area contributed by atoms with Gasteiger partial charge < -0.3 is 19.1 Å². The van der Waals surface area contributed by atoms with E-state index >= 15 is 0 Å². The van der Waals surface area contributed by atoms with Gasteiger partial charge in [0.05, 0.1) is 12.6 Å². The largest absolute Gasteiger partial charge is 0.496 e. The molecule has 0 spiro atoms. The van der Waals surface area contributed by atoms with E-state index in [1.165, 1.54) is 18.7 Å². The van der Waals surface area contributed by atoms with Gasteiger partial charge in [0.2, 0.25) is 0 Å². The first kappa shape index (κ1) is 21.3. The summed E-state index contributed by atoms with van der Waals surface area (Å²) in [5.74, 6) is -0.417. The van der Waals surface area contributed by atoms with Crippen molar-refractivity contribution in [2.45, 2.75) is 32.0 Å². The SMILES string of the molecule is COCn1cc(C2CCN(Cc3cccc(C(=O)O)c3OC)CC2)c2ccc(F)cc21. The predicted octanol–water partition coefficient (Wildman–Crippen LogP) is 4.47. The lowest BCUT2D eigenvalue weighted by Crippen LogP contribution is -2.32. The number of fused-ring (bicyclic) bond motifs is 1. The molecule has 0 unspecified atom stereocenters. The average molecular weight is 426 g/mol. The van der Waals surface area contributed by atoms with Gasteiger partial charge in [-0.1, -0.05) is 12.1 Å². The Labute approximate surface area is 180 Å². The summed E-state index contributed by atoms with van der Waals surface area (Å²) in [6.07, 6.45) is 4.04. The van der Waals surface area contributed by atoms with Crippen LogP contribution in [0.3, 0.4) is 0 Å². The normalized spacial score (nSPS) is 15.5. The molecule has 0 radical (unpaired) electrons. The number of benzene rings is 2. The van der Waals surface area contributed by atoms with E-state index in [1.807, 2.05) is 16.7 Å². The molecular formula is C24H27FN2O4. The Morgan fingerprint density at radius 2 is 1.97 bits per heavy atom. The van der Waals surface area contributed by atoms with Gasteiger partial charge in [-0.05, 0) is 61.7 Å². The van der Waals surface area contributed by atoms with E-state index in [9.17, 15) is 14.3 Å². The fourth-order valence-corrected chi connectivity index (χ4v) is 4.63. The number of hydrogen-bond acceptors (Lipinski definition) is 4. The number of methoxy groups -OCH3 is 2. The second-order valence-corrected chi connectivity index (χ2v) is 7.99. The summed E-state index contributed by atoms with van der Waals surface area (Å²) in [4.78, 5) is 13.8. The van der Waals surface area contributed by atoms with E-state index in [4.69, 9.17) is 9.47 Å². The third-order valence-electron chi connectivity index (χ3n) is 6.10. The summed E-state index contributed by atoms with van der Waals surface area (Å²) >= 11 is 0. The number of rotatable bonds is 7. The second-order valence-electron chi connectivity index (χ2n) is 7.99. The van der Waals surface area contributed by atoms with Crippen LogP contribution in [0.4, 0.5) is 4.39 Å². The molecule has 7 heteroatoms. The molecule has 1 fully saturated rings. The van der Waals surface area contributed by atoms with Crippen LogP contribution in [-0.4, -0.2) is 47.9 Å². The molecule has 2 aromatic carbocycles. The van der Waals surface area contributed by atoms with Crippen molar-refractivity contribution >= 4 is 16.9 Å². The molecule has 31 heavy (non-hydrogen) atoms. The number of nitrogens with zero attached hydrogens (tertiary/aromatic N) is 2. The van der Waals surface area contributed by atoms with Crippen LogP contribution in [0.15, 0.2) is 42.6 Å². The molecule has 1 N–H and O–H groups in total. The summed E-state index contributed by atoms with van der Waals surface area (Å²) in [5, 5.41) is 10.5. The van der Waals surface area contributed by atoms with E-state index < -0.39 is 5.97 Å². The van der Waals surface area contributed by atoms with Gasteiger partial charge in [0.1, 0.15) is 23.9 Å². The van der Waals surface area contributed by atoms with Crippen LogP contribution in [0.2, 0.25) is 0 Å². The van der Waals surface area contributed by atoms with Gasteiger partial charge in [-0.25, -0.2) is 9.18 Å². The Hall–Kier alpha value is -2.90. The number of carboxylic acids is 1. The number of halogens is 1. The van der Waals surface area contributed by atoms with E-state index in [0.717, 1.165) is 42.4 Å². The molecule has 6 nitrogen and oxygen atoms in total. The zero-order valence-corrected chi connectivity index (χ0v) is 17.8. The lowest BCUT2D eigenvalue weighted by Gasteiger charge is -2.32. The Kier molecular flexibility index (Phi) is 6.25. The number of aromatic carboxylic acids is 1. The van der Waals surface area contributed by atoms with Crippen LogP contribution in [0.5, 0.6) is 5.75 Å². The first-order chi connectivity index (χ1) is 15.0. The Morgan fingerprint density at radius 1 is 1.19 bits per heavy atom. The minimum Gasteiger partial charge on any atom is -0.496 e. The quantitative estimate of drug-likeness (QED) is 0.604. The van der Waals surface area contributed by atoms with Gasteiger partial charge in [0, 0.05) is 30.8 Å². The van der Waals surface area contributed by atoms with Crippen LogP contribution in [-0.2, 0) is 18.0 Å². The van der Waals surface area contributed by atoms with Gasteiger partial charge in [0.25, 0.3) is 0 Å². The van der Waals surface area contributed by atoms with Crippen LogP contribution in [0.1, 0.15) is 40.2 Å². The Balaban J connectivity index is 1.50. The highest BCUT2D eigenvalue weighted by atomic mass is 19.1. The highest BCUT2D eigenvalue weighted by Gasteiger charge is 2.25. The van der Waals surface area contributed by atoms with Crippen molar-refractivity contribution in [3.05, 3.63) is 65.1 Å². The van der Waals surface area contributed by atoms with Crippen molar-refractivity contribution < 1.29 is 23.8 Å². The molecular weight excluding hydrogens is 399 g/mol. The fraction of sp³-hybridized carbons (Fsp3) is 0.375. The van der Waals surface area contributed by atoms with Crippen molar-refractivity contribution in [1.29, 1.82) is 0 Å². The molecule has 4 rings (SSSR count). The predicted molar refractivity (Wildman–Crippen MR) is 116 cm³/mol. The number of ether oxygens (including phenoxy) is 2. The number of piperidine rings is 1. The third-order valence-corrected chi connectivity index (χ3v) is 6.10. The molecule has 164 valence electrons. The summed E-state index contributed by atoms with van der Waals surface area (Å²) < 4.78 is 26.4. The van der Waals surface area contributed by atoms with E-state index in [-0.39, 0.29) is 11.4 Å². The monoisotopic (exact) mass is 426 g/mol. The molecule has 0 amide bonds. The summed E-state index contributed by atoms with van der Waals surface area (Å²) in [7, 11) is 3.15. The van der Waals surface area contributed by atoms with Crippen LogP contribution in [0.25, 0.3) is 10.9 Å². The molecule has 2 heterocycles. The van der Waals surface area contributed by atoms with Gasteiger partial charge in [-0.15, -0.1) is 0 Å². The minimum atomic E-state index is -0.985. The zero-order chi connectivity index (χ0) is 22.0. The smallest absolute Gasteiger partial charge is 0.339 e. The molecule has 1 aromatic heterocycles. The maximum Gasteiger partial charge on any atom is 0.339 e. The van der Waals surface area contributed by atoms with Gasteiger partial charge in [-0.3, -0.25) is 4.90 Å². The molecule has 0 atom stereocenters. The van der Waals surface area contributed by atoms with Crippen molar-refractivity contribution in [1.82, 2.24) is 9.47 Å². The van der Waals surface area contributed by atoms with Gasteiger partial charge in [0.15, 0.2) is 0 Å². The molecule has 0 saturated carbocycles. The van der Waals surface area contributed by atoms with Crippen molar-refractivity contribution in [3.63, 3.8) is 0 Å². The highest BCUT2D eigenvalue weighted by molar-refractivity contribution is 5.91. The standard InChI is InChI=1S/C24H27FN2O4/c1-30-15-27-14-21(19-7-6-18(25)12-22(19)27)16-8-10-26(11-9-16)13-17-4-3-5-20(24(28)29)23(17)31-2/h3-7,12,14,16H,8-11,13,15H2,1-2H3,(H,28,29). The second kappa shape index (κ2) is 9.08. The highest BCUT2D eigenvalue weighted by Crippen LogP contribution is 2.36. The number of para-hydroxylation sites is 1. The summed E-state index contributed by atoms with van der Waals surface area (Å²) in [6, 6.07) is 10.2. The first-order valence-electron chi connectivity index (χ1n) is 10.4. The number of likely N-dealkylation sites (tertiary alicyclic amines) is 1. The van der Waals surface area contributed by atoms with Crippen molar-refractivity contribution in [2.75, 3.05) is 27.3 Å². The molecule has 1 saturated heterocycles. The number of hydrogen-bond donors (Lipinski definition) is 1. The average Bonchev–Trinajstić information content (AvgIpc) is 3.12. The maximum absolute atomic E-state index is 13.8. The van der Waals surface area contributed by atoms with Gasteiger partial charge >= 0.3 is 5.97 Å².